The van der Waals surface area contributed by atoms with Crippen LogP contribution in [0.15, 0.2) is 97.1 Å². The number of rotatable bonds is 2. The van der Waals surface area contributed by atoms with Gasteiger partial charge in [0.1, 0.15) is 5.75 Å². The fourth-order valence-corrected chi connectivity index (χ4v) is 3.89. The third kappa shape index (κ3) is 3.05. The third-order valence-corrected chi connectivity index (χ3v) is 5.36. The molecule has 1 aliphatic rings. The Morgan fingerprint density at radius 1 is 0.621 bits per heavy atom. The zero-order valence-electron chi connectivity index (χ0n) is 15.7. The van der Waals surface area contributed by atoms with E-state index in [4.69, 9.17) is 0 Å². The molecule has 1 N–H and O–H groups in total. The van der Waals surface area contributed by atoms with Crippen LogP contribution in [0.3, 0.4) is 0 Å². The Morgan fingerprint density at radius 2 is 1.31 bits per heavy atom. The molecule has 4 aromatic carbocycles. The van der Waals surface area contributed by atoms with E-state index in [2.05, 4.69) is 30.3 Å². The molecule has 29 heavy (non-hydrogen) atoms. The van der Waals surface area contributed by atoms with E-state index in [0.717, 1.165) is 44.2 Å². The Kier molecular flexibility index (Phi) is 4.10. The monoisotopic (exact) mass is 374 g/mol. The van der Waals surface area contributed by atoms with Gasteiger partial charge in [0.15, 0.2) is 5.78 Å². The van der Waals surface area contributed by atoms with Crippen LogP contribution < -0.4 is 0 Å². The Labute approximate surface area is 169 Å². The van der Waals surface area contributed by atoms with Gasteiger partial charge in [-0.2, -0.15) is 0 Å². The number of phenols is 1. The quantitative estimate of drug-likeness (QED) is 0.434. The number of allylic oxidation sites excluding steroid dienone is 3. The first-order valence-corrected chi connectivity index (χ1v) is 9.55. The Bertz CT molecular complexity index is 1310. The van der Waals surface area contributed by atoms with E-state index in [1.165, 1.54) is 0 Å². The summed E-state index contributed by atoms with van der Waals surface area (Å²) in [5.74, 6) is 0.343. The van der Waals surface area contributed by atoms with E-state index < -0.39 is 0 Å². The van der Waals surface area contributed by atoms with Gasteiger partial charge in [0.05, 0.1) is 0 Å². The molecule has 2 heteroatoms. The summed E-state index contributed by atoms with van der Waals surface area (Å²) in [6.45, 7) is 0. The van der Waals surface area contributed by atoms with Crippen molar-refractivity contribution in [2.75, 3.05) is 0 Å². The van der Waals surface area contributed by atoms with Gasteiger partial charge in [0.2, 0.25) is 0 Å². The molecule has 0 saturated carbocycles. The fraction of sp³-hybridized carbons (Fsp3) is 0. The molecule has 2 nitrogen and oxygen atoms in total. The summed E-state index contributed by atoms with van der Waals surface area (Å²) in [6, 6.07) is 27.6. The number of benzene rings is 4. The number of carbonyl (C=O) groups is 1. The van der Waals surface area contributed by atoms with Gasteiger partial charge in [-0.25, -0.2) is 0 Å². The first-order chi connectivity index (χ1) is 14.2. The molecule has 138 valence electrons. The summed E-state index contributed by atoms with van der Waals surface area (Å²) < 4.78 is 0. The van der Waals surface area contributed by atoms with Gasteiger partial charge >= 0.3 is 0 Å². The zero-order chi connectivity index (χ0) is 19.8. The van der Waals surface area contributed by atoms with Gasteiger partial charge < -0.3 is 5.11 Å². The lowest BCUT2D eigenvalue weighted by Crippen LogP contribution is -2.04. The van der Waals surface area contributed by atoms with Crippen LogP contribution in [0.4, 0.5) is 0 Å². The van der Waals surface area contributed by atoms with Crippen molar-refractivity contribution in [2.24, 2.45) is 0 Å². The van der Waals surface area contributed by atoms with Crippen molar-refractivity contribution in [3.8, 4) is 16.9 Å². The number of ketones is 1. The molecule has 0 spiro atoms. The smallest absolute Gasteiger partial charge is 0.186 e. The lowest BCUT2D eigenvalue weighted by molar-refractivity contribution is 0.104. The minimum Gasteiger partial charge on any atom is -0.507 e. The zero-order valence-corrected chi connectivity index (χ0v) is 15.7. The van der Waals surface area contributed by atoms with Crippen LogP contribution in [0.25, 0.3) is 33.5 Å². The predicted molar refractivity (Wildman–Crippen MR) is 119 cm³/mol. The second-order valence-electron chi connectivity index (χ2n) is 7.14. The molecule has 0 aliphatic heterocycles. The number of hydrogen-bond acceptors (Lipinski definition) is 2. The molecule has 0 heterocycles. The molecular formula is C27H18O2. The summed E-state index contributed by atoms with van der Waals surface area (Å²) >= 11 is 0. The summed E-state index contributed by atoms with van der Waals surface area (Å²) in [5.41, 5.74) is 6.00. The van der Waals surface area contributed by atoms with Gasteiger partial charge in [0.25, 0.3) is 0 Å². The van der Waals surface area contributed by atoms with Crippen molar-refractivity contribution < 1.29 is 9.90 Å². The van der Waals surface area contributed by atoms with E-state index in [-0.39, 0.29) is 5.78 Å². The lowest BCUT2D eigenvalue weighted by Gasteiger charge is -2.13. The molecule has 0 aromatic heterocycles. The second kappa shape index (κ2) is 6.92. The van der Waals surface area contributed by atoms with E-state index in [1.807, 2.05) is 60.7 Å². The van der Waals surface area contributed by atoms with Crippen molar-refractivity contribution in [3.05, 3.63) is 114 Å². The minimum absolute atomic E-state index is 0.0484. The molecule has 0 unspecified atom stereocenters. The summed E-state index contributed by atoms with van der Waals surface area (Å²) in [6.07, 6.45) is 5.61. The van der Waals surface area contributed by atoms with Crippen molar-refractivity contribution in [1.29, 1.82) is 0 Å². The highest BCUT2D eigenvalue weighted by Crippen LogP contribution is 2.34. The van der Waals surface area contributed by atoms with Crippen LogP contribution in [0.2, 0.25) is 0 Å². The molecule has 5 rings (SSSR count). The minimum atomic E-state index is 0.0484. The van der Waals surface area contributed by atoms with Crippen LogP contribution in [0, 0.1) is 0 Å². The molecular weight excluding hydrogens is 356 g/mol. The van der Waals surface area contributed by atoms with E-state index >= 15 is 0 Å². The van der Waals surface area contributed by atoms with E-state index in [9.17, 15) is 9.90 Å². The van der Waals surface area contributed by atoms with E-state index in [0.29, 0.717) is 5.75 Å². The first kappa shape index (κ1) is 17.2. The normalized spacial score (nSPS) is 14.3. The van der Waals surface area contributed by atoms with Gasteiger partial charge in [-0.15, -0.1) is 0 Å². The highest BCUT2D eigenvalue weighted by Gasteiger charge is 2.15. The van der Waals surface area contributed by atoms with Crippen molar-refractivity contribution in [3.63, 3.8) is 0 Å². The molecule has 1 aliphatic carbocycles. The van der Waals surface area contributed by atoms with Crippen LogP contribution in [-0.2, 0) is 0 Å². The van der Waals surface area contributed by atoms with Gasteiger partial charge in [-0.1, -0.05) is 84.9 Å². The van der Waals surface area contributed by atoms with Crippen LogP contribution in [-0.4, -0.2) is 10.9 Å². The molecule has 0 saturated heterocycles. The predicted octanol–water partition coefficient (Wildman–Crippen LogP) is 6.51. The van der Waals surface area contributed by atoms with Crippen molar-refractivity contribution in [2.45, 2.75) is 0 Å². The Balaban J connectivity index is 1.54. The first-order valence-electron chi connectivity index (χ1n) is 9.55. The lowest BCUT2D eigenvalue weighted by atomic mass is 9.90. The molecule has 0 fully saturated rings. The topological polar surface area (TPSA) is 37.3 Å². The number of phenolic OH excluding ortho intramolecular Hbond substituents is 1. The number of fused-ring (bicyclic) bond motifs is 2. The van der Waals surface area contributed by atoms with E-state index in [1.54, 1.807) is 12.1 Å². The van der Waals surface area contributed by atoms with Crippen molar-refractivity contribution >= 4 is 28.2 Å². The van der Waals surface area contributed by atoms with Gasteiger partial charge in [-0.3, -0.25) is 4.79 Å². The average molecular weight is 374 g/mol. The van der Waals surface area contributed by atoms with Gasteiger partial charge in [0, 0.05) is 10.9 Å². The second-order valence-corrected chi connectivity index (χ2v) is 7.14. The molecule has 0 radical (unpaired) electrons. The molecule has 0 atom stereocenters. The third-order valence-electron chi connectivity index (χ3n) is 5.36. The largest absolute Gasteiger partial charge is 0.507 e. The maximum atomic E-state index is 12.1. The van der Waals surface area contributed by atoms with Gasteiger partial charge in [-0.05, 0) is 51.4 Å². The highest BCUT2D eigenvalue weighted by atomic mass is 16.3. The van der Waals surface area contributed by atoms with Crippen molar-refractivity contribution in [1.82, 2.24) is 0 Å². The average Bonchev–Trinajstić information content (AvgIpc) is 2.77. The van der Waals surface area contributed by atoms with Crippen LogP contribution >= 0.6 is 0 Å². The van der Waals surface area contributed by atoms with Crippen LogP contribution in [0.1, 0.15) is 21.5 Å². The number of aromatic hydroxyl groups is 1. The summed E-state index contributed by atoms with van der Waals surface area (Å²) in [4.78, 5) is 12.1. The number of hydrogen-bond donors (Lipinski definition) is 1. The maximum Gasteiger partial charge on any atom is 0.186 e. The Hall–Kier alpha value is -3.91. The SMILES string of the molecule is O=C1C=C/C(=C\c2ccc(-c3ccc(O)c4ccccc34)cc2)c2ccccc21. The Morgan fingerprint density at radius 3 is 2.10 bits per heavy atom. The standard InChI is InChI=1S/C27H18O2/c28-26-15-13-20(21-5-1-3-7-24(21)26)17-18-9-11-19(12-10-18)22-14-16-27(29)25-8-4-2-6-23(22)25/h1-17,29H/b20-17+. The molecule has 0 bridgehead atoms. The fourth-order valence-electron chi connectivity index (χ4n) is 3.89. The highest BCUT2D eigenvalue weighted by molar-refractivity contribution is 6.14. The maximum absolute atomic E-state index is 12.1. The summed E-state index contributed by atoms with van der Waals surface area (Å²) in [7, 11) is 0. The number of carbonyl (C=O) groups excluding carboxylic acids is 1. The van der Waals surface area contributed by atoms with Crippen LogP contribution in [0.5, 0.6) is 5.75 Å². The molecule has 0 amide bonds. The summed E-state index contributed by atoms with van der Waals surface area (Å²) in [5, 5.41) is 12.0. The molecule has 4 aromatic rings.